The topological polar surface area (TPSA) is 38.9 Å². The zero-order chi connectivity index (χ0) is 11.8. The highest BCUT2D eigenvalue weighted by molar-refractivity contribution is 6.30. The Morgan fingerprint density at radius 2 is 2.06 bits per heavy atom. The Morgan fingerprint density at radius 1 is 1.24 bits per heavy atom. The highest BCUT2D eigenvalue weighted by atomic mass is 35.5. The molecule has 2 aromatic heterocycles. The monoisotopic (exact) mass is 248 g/mol. The summed E-state index contributed by atoms with van der Waals surface area (Å²) in [5, 5.41) is 0.453. The molecule has 0 saturated carbocycles. The molecule has 84 valence electrons. The zero-order valence-corrected chi connectivity index (χ0v) is 9.28. The number of oxazole rings is 1. The third-order valence-corrected chi connectivity index (χ3v) is 2.52. The van der Waals surface area contributed by atoms with Gasteiger partial charge in [-0.15, -0.1) is 0 Å². The van der Waals surface area contributed by atoms with Gasteiger partial charge in [-0.25, -0.2) is 9.37 Å². The largest absolute Gasteiger partial charge is 0.434 e. The molecule has 3 aromatic rings. The highest BCUT2D eigenvalue weighted by Gasteiger charge is 2.12. The van der Waals surface area contributed by atoms with E-state index in [-0.39, 0.29) is 11.7 Å². The molecular weight excluding hydrogens is 243 g/mol. The molecule has 0 radical (unpaired) electrons. The van der Waals surface area contributed by atoms with E-state index in [2.05, 4.69) is 9.97 Å². The fraction of sp³-hybridized carbons (Fsp3) is 0. The van der Waals surface area contributed by atoms with Crippen LogP contribution in [0.4, 0.5) is 4.39 Å². The molecule has 0 aliphatic carbocycles. The van der Waals surface area contributed by atoms with Crippen molar-refractivity contribution in [1.82, 2.24) is 9.97 Å². The number of fused-ring (bicyclic) bond motifs is 1. The molecule has 0 atom stereocenters. The van der Waals surface area contributed by atoms with E-state index in [1.165, 1.54) is 12.3 Å². The third-order valence-electron chi connectivity index (χ3n) is 2.32. The predicted octanol–water partition coefficient (Wildman–Crippen LogP) is 3.68. The van der Waals surface area contributed by atoms with Crippen molar-refractivity contribution < 1.29 is 8.81 Å². The zero-order valence-electron chi connectivity index (χ0n) is 8.52. The van der Waals surface area contributed by atoms with Crippen LogP contribution in [0.2, 0.25) is 5.02 Å². The van der Waals surface area contributed by atoms with Gasteiger partial charge < -0.3 is 4.42 Å². The SMILES string of the molecule is Fc1ccccc1-c1nc2ncc(Cl)cc2o1. The van der Waals surface area contributed by atoms with E-state index in [4.69, 9.17) is 16.0 Å². The van der Waals surface area contributed by atoms with Gasteiger partial charge in [0.05, 0.1) is 10.6 Å². The van der Waals surface area contributed by atoms with Crippen LogP contribution < -0.4 is 0 Å². The van der Waals surface area contributed by atoms with Gasteiger partial charge in [-0.05, 0) is 12.1 Å². The van der Waals surface area contributed by atoms with Crippen molar-refractivity contribution in [3.8, 4) is 11.5 Å². The minimum atomic E-state index is -0.384. The van der Waals surface area contributed by atoms with Gasteiger partial charge in [-0.2, -0.15) is 4.98 Å². The standard InChI is InChI=1S/C12H6ClFN2O/c13-7-5-10-11(15-6-7)16-12(17-10)8-3-1-2-4-9(8)14/h1-6H. The molecule has 0 spiro atoms. The first-order valence-electron chi connectivity index (χ1n) is 4.91. The molecule has 0 unspecified atom stereocenters. The lowest BCUT2D eigenvalue weighted by atomic mass is 10.2. The molecule has 3 rings (SSSR count). The molecular formula is C12H6ClFN2O. The van der Waals surface area contributed by atoms with Gasteiger partial charge in [0, 0.05) is 12.3 Å². The molecule has 2 heterocycles. The molecule has 0 amide bonds. The van der Waals surface area contributed by atoms with Crippen LogP contribution in [-0.2, 0) is 0 Å². The molecule has 0 aliphatic heterocycles. The quantitative estimate of drug-likeness (QED) is 0.659. The van der Waals surface area contributed by atoms with Gasteiger partial charge in [0.1, 0.15) is 5.82 Å². The second kappa shape index (κ2) is 3.82. The van der Waals surface area contributed by atoms with E-state index in [1.54, 1.807) is 24.3 Å². The maximum absolute atomic E-state index is 13.5. The fourth-order valence-corrected chi connectivity index (χ4v) is 1.69. The average molecular weight is 249 g/mol. The van der Waals surface area contributed by atoms with Gasteiger partial charge in [0.2, 0.25) is 5.89 Å². The van der Waals surface area contributed by atoms with Gasteiger partial charge in [-0.3, -0.25) is 0 Å². The Labute approximate surface area is 101 Å². The number of pyridine rings is 1. The van der Waals surface area contributed by atoms with E-state index in [0.29, 0.717) is 21.8 Å². The van der Waals surface area contributed by atoms with Crippen molar-refractivity contribution in [3.05, 3.63) is 47.4 Å². The van der Waals surface area contributed by atoms with Crippen molar-refractivity contribution in [2.24, 2.45) is 0 Å². The Hall–Kier alpha value is -1.94. The third kappa shape index (κ3) is 1.76. The van der Waals surface area contributed by atoms with Crippen LogP contribution in [-0.4, -0.2) is 9.97 Å². The summed E-state index contributed by atoms with van der Waals surface area (Å²) in [6.07, 6.45) is 1.47. The minimum Gasteiger partial charge on any atom is -0.434 e. The molecule has 1 aromatic carbocycles. The first-order valence-corrected chi connectivity index (χ1v) is 5.29. The van der Waals surface area contributed by atoms with E-state index < -0.39 is 0 Å². The summed E-state index contributed by atoms with van der Waals surface area (Å²) in [4.78, 5) is 8.11. The van der Waals surface area contributed by atoms with Gasteiger partial charge in [-0.1, -0.05) is 23.7 Å². The van der Waals surface area contributed by atoms with E-state index in [0.717, 1.165) is 0 Å². The summed E-state index contributed by atoms with van der Waals surface area (Å²) >= 11 is 5.78. The van der Waals surface area contributed by atoms with Crippen LogP contribution in [0.1, 0.15) is 0 Å². The summed E-state index contributed by atoms with van der Waals surface area (Å²) < 4.78 is 19.0. The molecule has 17 heavy (non-hydrogen) atoms. The number of hydrogen-bond donors (Lipinski definition) is 0. The molecule has 0 saturated heterocycles. The second-order valence-corrected chi connectivity index (χ2v) is 3.91. The van der Waals surface area contributed by atoms with Crippen molar-refractivity contribution in [2.75, 3.05) is 0 Å². The molecule has 0 aliphatic rings. The van der Waals surface area contributed by atoms with E-state index >= 15 is 0 Å². The number of aromatic nitrogens is 2. The van der Waals surface area contributed by atoms with Gasteiger partial charge in [0.15, 0.2) is 11.2 Å². The number of halogens is 2. The summed E-state index contributed by atoms with van der Waals surface area (Å²) in [7, 11) is 0. The van der Waals surface area contributed by atoms with Gasteiger partial charge in [0.25, 0.3) is 0 Å². The molecule has 0 N–H and O–H groups in total. The van der Waals surface area contributed by atoms with Gasteiger partial charge >= 0.3 is 0 Å². The molecule has 0 bridgehead atoms. The van der Waals surface area contributed by atoms with Crippen LogP contribution in [0.5, 0.6) is 0 Å². The lowest BCUT2D eigenvalue weighted by molar-refractivity contribution is 0.593. The van der Waals surface area contributed by atoms with Crippen LogP contribution in [0, 0.1) is 5.82 Å². The van der Waals surface area contributed by atoms with Crippen LogP contribution >= 0.6 is 11.6 Å². The lowest BCUT2D eigenvalue weighted by Crippen LogP contribution is -1.82. The fourth-order valence-electron chi connectivity index (χ4n) is 1.55. The van der Waals surface area contributed by atoms with E-state index in [1.807, 2.05) is 0 Å². The summed E-state index contributed by atoms with van der Waals surface area (Å²) in [6, 6.07) is 7.87. The van der Waals surface area contributed by atoms with Crippen molar-refractivity contribution in [2.45, 2.75) is 0 Å². The maximum Gasteiger partial charge on any atom is 0.231 e. The number of rotatable bonds is 1. The Bertz CT molecular complexity index is 696. The highest BCUT2D eigenvalue weighted by Crippen LogP contribution is 2.26. The number of benzene rings is 1. The second-order valence-electron chi connectivity index (χ2n) is 3.47. The number of hydrogen-bond acceptors (Lipinski definition) is 3. The molecule has 5 heteroatoms. The van der Waals surface area contributed by atoms with Crippen molar-refractivity contribution in [3.63, 3.8) is 0 Å². The lowest BCUT2D eigenvalue weighted by Gasteiger charge is -1.95. The Balaban J connectivity index is 2.22. The Kier molecular flexibility index (Phi) is 2.30. The first-order chi connectivity index (χ1) is 8.24. The summed E-state index contributed by atoms with van der Waals surface area (Å²) in [5.41, 5.74) is 1.16. The van der Waals surface area contributed by atoms with E-state index in [9.17, 15) is 4.39 Å². The average Bonchev–Trinajstić information content (AvgIpc) is 2.72. The normalized spacial score (nSPS) is 10.9. The smallest absolute Gasteiger partial charge is 0.231 e. The predicted molar refractivity (Wildman–Crippen MR) is 62.2 cm³/mol. The summed E-state index contributed by atoms with van der Waals surface area (Å²) in [6.45, 7) is 0. The molecule has 3 nitrogen and oxygen atoms in total. The van der Waals surface area contributed by atoms with Crippen molar-refractivity contribution >= 4 is 22.8 Å². The Morgan fingerprint density at radius 3 is 2.88 bits per heavy atom. The minimum absolute atomic E-state index is 0.202. The summed E-state index contributed by atoms with van der Waals surface area (Å²) in [5.74, 6) is -0.182. The van der Waals surface area contributed by atoms with Crippen LogP contribution in [0.25, 0.3) is 22.7 Å². The maximum atomic E-state index is 13.5. The molecule has 0 fully saturated rings. The first kappa shape index (κ1) is 10.2. The van der Waals surface area contributed by atoms with Crippen LogP contribution in [0.15, 0.2) is 40.9 Å². The van der Waals surface area contributed by atoms with Crippen molar-refractivity contribution in [1.29, 1.82) is 0 Å². The number of nitrogens with zero attached hydrogens (tertiary/aromatic N) is 2. The van der Waals surface area contributed by atoms with Crippen LogP contribution in [0.3, 0.4) is 0 Å².